The van der Waals surface area contributed by atoms with Gasteiger partial charge in [0.25, 0.3) is 0 Å². The molecule has 0 aliphatic rings. The number of methoxy groups -OCH3 is 2. The van der Waals surface area contributed by atoms with Crippen LogP contribution in [0.4, 0.5) is 0 Å². The summed E-state index contributed by atoms with van der Waals surface area (Å²) in [5, 5.41) is 9.13. The molecular formula is C15H22O4. The highest BCUT2D eigenvalue weighted by atomic mass is 16.5. The maximum absolute atomic E-state index is 11.1. The van der Waals surface area contributed by atoms with E-state index in [0.717, 1.165) is 36.8 Å². The van der Waals surface area contributed by atoms with Crippen LogP contribution in [-0.2, 0) is 22.3 Å². The average molecular weight is 266 g/mol. The maximum atomic E-state index is 11.1. The van der Waals surface area contributed by atoms with Crippen molar-refractivity contribution >= 4 is 5.97 Å². The van der Waals surface area contributed by atoms with Gasteiger partial charge in [-0.25, -0.2) is 4.79 Å². The van der Waals surface area contributed by atoms with E-state index in [9.17, 15) is 4.79 Å². The standard InChI is InChI=1S/C15H22O4/c1-18-7-3-5-12-9-13(6-4-8-19-2)11-14(10-12)15(16)17/h9-11H,3-8H2,1-2H3,(H,16,17). The van der Waals surface area contributed by atoms with Crippen LogP contribution in [0.25, 0.3) is 0 Å². The van der Waals surface area contributed by atoms with Crippen molar-refractivity contribution in [2.24, 2.45) is 0 Å². The summed E-state index contributed by atoms with van der Waals surface area (Å²) in [6, 6.07) is 5.58. The van der Waals surface area contributed by atoms with Crippen LogP contribution in [0, 0.1) is 0 Å². The third-order valence-electron chi connectivity index (χ3n) is 2.93. The van der Waals surface area contributed by atoms with Crippen molar-refractivity contribution in [2.75, 3.05) is 27.4 Å². The average Bonchev–Trinajstić information content (AvgIpc) is 2.39. The summed E-state index contributed by atoms with van der Waals surface area (Å²) >= 11 is 0. The van der Waals surface area contributed by atoms with E-state index in [0.29, 0.717) is 18.8 Å². The first-order valence-corrected chi connectivity index (χ1v) is 6.51. The van der Waals surface area contributed by atoms with Crippen molar-refractivity contribution in [3.05, 3.63) is 34.9 Å². The van der Waals surface area contributed by atoms with Crippen LogP contribution in [0.15, 0.2) is 18.2 Å². The van der Waals surface area contributed by atoms with Crippen LogP contribution in [0.1, 0.15) is 34.3 Å². The lowest BCUT2D eigenvalue weighted by Crippen LogP contribution is -2.02. The second kappa shape index (κ2) is 8.67. The van der Waals surface area contributed by atoms with Gasteiger partial charge in [-0.3, -0.25) is 0 Å². The van der Waals surface area contributed by atoms with Gasteiger partial charge >= 0.3 is 5.97 Å². The molecule has 0 radical (unpaired) electrons. The van der Waals surface area contributed by atoms with Crippen molar-refractivity contribution < 1.29 is 19.4 Å². The second-order valence-electron chi connectivity index (χ2n) is 4.54. The Bertz CT molecular complexity index is 373. The van der Waals surface area contributed by atoms with Crippen LogP contribution in [0.5, 0.6) is 0 Å². The largest absolute Gasteiger partial charge is 0.478 e. The molecule has 0 atom stereocenters. The highest BCUT2D eigenvalue weighted by molar-refractivity contribution is 5.88. The Kier molecular flexibility index (Phi) is 7.15. The van der Waals surface area contributed by atoms with E-state index in [2.05, 4.69) is 6.07 Å². The van der Waals surface area contributed by atoms with Gasteiger partial charge in [0.05, 0.1) is 5.56 Å². The molecule has 0 heterocycles. The molecule has 0 amide bonds. The second-order valence-corrected chi connectivity index (χ2v) is 4.54. The molecule has 0 bridgehead atoms. The zero-order valence-electron chi connectivity index (χ0n) is 11.6. The number of hydrogen-bond acceptors (Lipinski definition) is 3. The van der Waals surface area contributed by atoms with Crippen molar-refractivity contribution in [3.63, 3.8) is 0 Å². The topological polar surface area (TPSA) is 55.8 Å². The van der Waals surface area contributed by atoms with Crippen LogP contribution in [-0.4, -0.2) is 38.5 Å². The van der Waals surface area contributed by atoms with Crippen molar-refractivity contribution in [3.8, 4) is 0 Å². The Hall–Kier alpha value is -1.39. The molecule has 19 heavy (non-hydrogen) atoms. The molecule has 1 N–H and O–H groups in total. The molecule has 0 aliphatic carbocycles. The monoisotopic (exact) mass is 266 g/mol. The number of rotatable bonds is 9. The molecule has 106 valence electrons. The number of carbonyl (C=O) groups is 1. The molecule has 0 unspecified atom stereocenters. The number of benzene rings is 1. The van der Waals surface area contributed by atoms with Gasteiger partial charge in [-0.15, -0.1) is 0 Å². The number of carboxylic acid groups (broad SMARTS) is 1. The zero-order valence-corrected chi connectivity index (χ0v) is 11.6. The highest BCUT2D eigenvalue weighted by Gasteiger charge is 2.07. The molecule has 4 heteroatoms. The minimum Gasteiger partial charge on any atom is -0.478 e. The summed E-state index contributed by atoms with van der Waals surface area (Å²) in [5.41, 5.74) is 2.48. The van der Waals surface area contributed by atoms with Gasteiger partial charge in [-0.1, -0.05) is 6.07 Å². The minimum atomic E-state index is -0.874. The first-order chi connectivity index (χ1) is 9.17. The Labute approximate surface area is 114 Å². The smallest absolute Gasteiger partial charge is 0.335 e. The minimum absolute atomic E-state index is 0.363. The first kappa shape index (κ1) is 15.7. The fraction of sp³-hybridized carbons (Fsp3) is 0.533. The van der Waals surface area contributed by atoms with Crippen molar-refractivity contribution in [1.82, 2.24) is 0 Å². The van der Waals surface area contributed by atoms with Gasteiger partial charge in [0.1, 0.15) is 0 Å². The molecule has 0 aromatic heterocycles. The number of carboxylic acids is 1. The number of aryl methyl sites for hydroxylation is 2. The SMILES string of the molecule is COCCCc1cc(CCCOC)cc(C(=O)O)c1. The molecule has 0 spiro atoms. The van der Waals surface area contributed by atoms with Crippen molar-refractivity contribution in [2.45, 2.75) is 25.7 Å². The summed E-state index contributed by atoms with van der Waals surface area (Å²) in [4.78, 5) is 11.1. The summed E-state index contributed by atoms with van der Waals surface area (Å²) in [6.07, 6.45) is 3.48. The quantitative estimate of drug-likeness (QED) is 0.698. The first-order valence-electron chi connectivity index (χ1n) is 6.51. The molecule has 1 aromatic carbocycles. The molecule has 4 nitrogen and oxygen atoms in total. The molecule has 0 saturated heterocycles. The fourth-order valence-corrected chi connectivity index (χ4v) is 2.02. The third kappa shape index (κ3) is 5.85. The lowest BCUT2D eigenvalue weighted by atomic mass is 10.00. The lowest BCUT2D eigenvalue weighted by molar-refractivity contribution is 0.0696. The van der Waals surface area contributed by atoms with Gasteiger partial charge in [0.15, 0.2) is 0 Å². The fourth-order valence-electron chi connectivity index (χ4n) is 2.02. The molecule has 1 aromatic rings. The molecule has 0 aliphatic heterocycles. The maximum Gasteiger partial charge on any atom is 0.335 e. The molecular weight excluding hydrogens is 244 g/mol. The van der Waals surface area contributed by atoms with Gasteiger partial charge in [0, 0.05) is 27.4 Å². The van der Waals surface area contributed by atoms with Gasteiger partial charge < -0.3 is 14.6 Å². The Morgan fingerprint density at radius 2 is 1.47 bits per heavy atom. The van der Waals surface area contributed by atoms with Crippen LogP contribution < -0.4 is 0 Å². The van der Waals surface area contributed by atoms with E-state index in [1.54, 1.807) is 26.4 Å². The van der Waals surface area contributed by atoms with E-state index in [1.807, 2.05) is 0 Å². The van der Waals surface area contributed by atoms with E-state index in [1.165, 1.54) is 0 Å². The Balaban J connectivity index is 2.75. The van der Waals surface area contributed by atoms with E-state index >= 15 is 0 Å². The highest BCUT2D eigenvalue weighted by Crippen LogP contribution is 2.14. The van der Waals surface area contributed by atoms with E-state index in [-0.39, 0.29) is 0 Å². The van der Waals surface area contributed by atoms with Gasteiger partial charge in [0.2, 0.25) is 0 Å². The lowest BCUT2D eigenvalue weighted by Gasteiger charge is -2.08. The van der Waals surface area contributed by atoms with Crippen LogP contribution >= 0.6 is 0 Å². The zero-order chi connectivity index (χ0) is 14.1. The Morgan fingerprint density at radius 3 is 1.84 bits per heavy atom. The van der Waals surface area contributed by atoms with Crippen molar-refractivity contribution in [1.29, 1.82) is 0 Å². The summed E-state index contributed by atoms with van der Waals surface area (Å²) in [7, 11) is 3.34. The predicted molar refractivity (Wildman–Crippen MR) is 73.8 cm³/mol. The van der Waals surface area contributed by atoms with Gasteiger partial charge in [-0.05, 0) is 48.9 Å². The van der Waals surface area contributed by atoms with Crippen LogP contribution in [0.3, 0.4) is 0 Å². The molecule has 0 fully saturated rings. The molecule has 1 rings (SSSR count). The number of ether oxygens (including phenoxy) is 2. The third-order valence-corrected chi connectivity index (χ3v) is 2.93. The number of aromatic carboxylic acids is 1. The molecule has 0 saturated carbocycles. The summed E-state index contributed by atoms with van der Waals surface area (Å²) < 4.78 is 10.0. The number of hydrogen-bond donors (Lipinski definition) is 1. The predicted octanol–water partition coefficient (Wildman–Crippen LogP) is 2.54. The van der Waals surface area contributed by atoms with E-state index in [4.69, 9.17) is 14.6 Å². The van der Waals surface area contributed by atoms with E-state index < -0.39 is 5.97 Å². The van der Waals surface area contributed by atoms with Crippen LogP contribution in [0.2, 0.25) is 0 Å². The van der Waals surface area contributed by atoms with Gasteiger partial charge in [-0.2, -0.15) is 0 Å². The normalized spacial score (nSPS) is 10.6. The Morgan fingerprint density at radius 1 is 1.00 bits per heavy atom. The summed E-state index contributed by atoms with van der Waals surface area (Å²) in [5.74, 6) is -0.874. The summed E-state index contributed by atoms with van der Waals surface area (Å²) in [6.45, 7) is 1.38.